The molecule has 21 heavy (non-hydrogen) atoms. The maximum absolute atomic E-state index is 11.9. The average molecular weight is 277 g/mol. The van der Waals surface area contributed by atoms with Crippen molar-refractivity contribution in [1.82, 2.24) is 0 Å². The number of ketones is 1. The third-order valence-electron chi connectivity index (χ3n) is 4.15. The number of hydrogen-bond donors (Lipinski definition) is 0. The van der Waals surface area contributed by atoms with Gasteiger partial charge < -0.3 is 4.90 Å². The number of benzene rings is 2. The van der Waals surface area contributed by atoms with Crippen molar-refractivity contribution < 1.29 is 4.79 Å². The lowest BCUT2D eigenvalue weighted by Gasteiger charge is -2.39. The quantitative estimate of drug-likeness (QED) is 0.792. The zero-order valence-corrected chi connectivity index (χ0v) is 12.3. The van der Waals surface area contributed by atoms with E-state index in [1.165, 1.54) is 11.1 Å². The molecule has 2 aromatic rings. The zero-order chi connectivity index (χ0) is 14.8. The number of carbonyl (C=O) groups is 1. The van der Waals surface area contributed by atoms with E-state index in [0.717, 1.165) is 18.7 Å². The van der Waals surface area contributed by atoms with E-state index in [0.29, 0.717) is 5.57 Å². The van der Waals surface area contributed by atoms with E-state index in [2.05, 4.69) is 41.8 Å². The number of anilines is 1. The van der Waals surface area contributed by atoms with E-state index in [1.54, 1.807) is 6.92 Å². The van der Waals surface area contributed by atoms with Gasteiger partial charge in [-0.25, -0.2) is 0 Å². The highest BCUT2D eigenvalue weighted by Crippen LogP contribution is 2.37. The maximum Gasteiger partial charge on any atom is 0.157 e. The molecular weight excluding hydrogens is 258 g/mol. The fourth-order valence-corrected chi connectivity index (χ4v) is 3.03. The van der Waals surface area contributed by atoms with Crippen LogP contribution in [-0.2, 0) is 11.2 Å². The number of Topliss-reactive ketones (excluding diaryl/α,β-unsaturated/α-hetero) is 1. The Bertz CT molecular complexity index is 675. The average Bonchev–Trinajstić information content (AvgIpc) is 2.53. The van der Waals surface area contributed by atoms with E-state index < -0.39 is 0 Å². The molecule has 0 aromatic heterocycles. The molecule has 0 N–H and O–H groups in total. The predicted octanol–water partition coefficient (Wildman–Crippen LogP) is 3.94. The Labute approximate surface area is 125 Å². The molecule has 2 nitrogen and oxygen atoms in total. The highest BCUT2D eigenvalue weighted by Gasteiger charge is 2.30. The van der Waals surface area contributed by atoms with Crippen molar-refractivity contribution in [3.05, 3.63) is 77.9 Å². The first-order chi connectivity index (χ1) is 10.2. The highest BCUT2D eigenvalue weighted by molar-refractivity contribution is 5.95. The number of fused-ring (bicyclic) bond motifs is 1. The molecule has 1 aliphatic rings. The Morgan fingerprint density at radius 1 is 1.10 bits per heavy atom. The Morgan fingerprint density at radius 3 is 2.48 bits per heavy atom. The van der Waals surface area contributed by atoms with Gasteiger partial charge >= 0.3 is 0 Å². The second-order valence-electron chi connectivity index (χ2n) is 5.46. The smallest absolute Gasteiger partial charge is 0.157 e. The Kier molecular flexibility index (Phi) is 3.61. The first-order valence-electron chi connectivity index (χ1n) is 7.27. The molecular formula is C19H19NO. The minimum Gasteiger partial charge on any atom is -0.360 e. The van der Waals surface area contributed by atoms with Gasteiger partial charge in [0.1, 0.15) is 0 Å². The van der Waals surface area contributed by atoms with Gasteiger partial charge in [-0.1, -0.05) is 49.0 Å². The van der Waals surface area contributed by atoms with Crippen LogP contribution in [0.15, 0.2) is 66.7 Å². The minimum atomic E-state index is -0.0603. The molecule has 0 radical (unpaired) electrons. The van der Waals surface area contributed by atoms with Crippen LogP contribution in [0.1, 0.15) is 24.1 Å². The first kappa shape index (κ1) is 13.6. The summed E-state index contributed by atoms with van der Waals surface area (Å²) in [4.78, 5) is 14.2. The molecule has 1 atom stereocenters. The van der Waals surface area contributed by atoms with Crippen LogP contribution < -0.4 is 4.90 Å². The van der Waals surface area contributed by atoms with Crippen LogP contribution in [0.5, 0.6) is 0 Å². The molecule has 3 rings (SSSR count). The van der Waals surface area contributed by atoms with Gasteiger partial charge in [-0.3, -0.25) is 4.79 Å². The number of carbonyl (C=O) groups excluding carboxylic acids is 1. The lowest BCUT2D eigenvalue weighted by atomic mass is 9.87. The standard InChI is InChI=1S/C19H19NO/c1-14(15(2)21)19-18-11-7-6-8-16(18)12-13-20(19)17-9-4-3-5-10-17/h3-11,19H,1,12-13H2,2H3. The van der Waals surface area contributed by atoms with Crippen LogP contribution in [0.3, 0.4) is 0 Å². The molecule has 0 bridgehead atoms. The molecule has 0 aliphatic carbocycles. The normalized spacial score (nSPS) is 17.2. The maximum atomic E-state index is 11.9. The van der Waals surface area contributed by atoms with Crippen LogP contribution in [-0.4, -0.2) is 12.3 Å². The second-order valence-corrected chi connectivity index (χ2v) is 5.46. The third kappa shape index (κ3) is 2.49. The van der Waals surface area contributed by atoms with Crippen molar-refractivity contribution in [3.63, 3.8) is 0 Å². The second kappa shape index (κ2) is 5.57. The van der Waals surface area contributed by atoms with Crippen molar-refractivity contribution in [2.45, 2.75) is 19.4 Å². The van der Waals surface area contributed by atoms with Gasteiger partial charge in [0, 0.05) is 17.8 Å². The van der Waals surface area contributed by atoms with Crippen LogP contribution in [0.2, 0.25) is 0 Å². The third-order valence-corrected chi connectivity index (χ3v) is 4.15. The van der Waals surface area contributed by atoms with E-state index in [1.807, 2.05) is 24.3 Å². The number of rotatable bonds is 3. The van der Waals surface area contributed by atoms with Crippen LogP contribution in [0.25, 0.3) is 0 Å². The first-order valence-corrected chi connectivity index (χ1v) is 7.27. The molecule has 0 fully saturated rings. The Morgan fingerprint density at radius 2 is 1.76 bits per heavy atom. The van der Waals surface area contributed by atoms with Crippen LogP contribution >= 0.6 is 0 Å². The van der Waals surface area contributed by atoms with E-state index in [4.69, 9.17) is 0 Å². The summed E-state index contributed by atoms with van der Waals surface area (Å²) in [5.41, 5.74) is 4.32. The summed E-state index contributed by atoms with van der Waals surface area (Å²) in [5.74, 6) is 0.0534. The SMILES string of the molecule is C=C(C(C)=O)C1c2ccccc2CCN1c1ccccc1. The molecule has 1 heterocycles. The molecule has 1 unspecified atom stereocenters. The lowest BCUT2D eigenvalue weighted by Crippen LogP contribution is -2.37. The molecule has 0 saturated carbocycles. The lowest BCUT2D eigenvalue weighted by molar-refractivity contribution is -0.113. The Hall–Kier alpha value is -2.35. The molecule has 2 heteroatoms. The van der Waals surface area contributed by atoms with Gasteiger partial charge in [0.05, 0.1) is 6.04 Å². The van der Waals surface area contributed by atoms with Crippen molar-refractivity contribution in [3.8, 4) is 0 Å². The van der Waals surface area contributed by atoms with Gasteiger partial charge in [-0.05, 0) is 36.6 Å². The number of nitrogens with zero attached hydrogens (tertiary/aromatic N) is 1. The molecule has 2 aromatic carbocycles. The number of para-hydroxylation sites is 1. The van der Waals surface area contributed by atoms with Gasteiger partial charge in [-0.15, -0.1) is 0 Å². The summed E-state index contributed by atoms with van der Waals surface area (Å²) in [7, 11) is 0. The summed E-state index contributed by atoms with van der Waals surface area (Å²) in [5, 5.41) is 0. The summed E-state index contributed by atoms with van der Waals surface area (Å²) in [6.45, 7) is 6.56. The zero-order valence-electron chi connectivity index (χ0n) is 12.3. The van der Waals surface area contributed by atoms with Crippen molar-refractivity contribution in [1.29, 1.82) is 0 Å². The van der Waals surface area contributed by atoms with Crippen molar-refractivity contribution >= 4 is 11.5 Å². The van der Waals surface area contributed by atoms with E-state index in [9.17, 15) is 4.79 Å². The summed E-state index contributed by atoms with van der Waals surface area (Å²) in [6.07, 6.45) is 0.993. The molecule has 1 aliphatic heterocycles. The monoisotopic (exact) mass is 277 g/mol. The van der Waals surface area contributed by atoms with Crippen LogP contribution in [0.4, 0.5) is 5.69 Å². The Balaban J connectivity index is 2.09. The van der Waals surface area contributed by atoms with Crippen molar-refractivity contribution in [2.75, 3.05) is 11.4 Å². The fraction of sp³-hybridized carbons (Fsp3) is 0.211. The molecule has 0 saturated heterocycles. The highest BCUT2D eigenvalue weighted by atomic mass is 16.1. The number of hydrogen-bond acceptors (Lipinski definition) is 2. The minimum absolute atomic E-state index is 0.0534. The van der Waals surface area contributed by atoms with Crippen molar-refractivity contribution in [2.24, 2.45) is 0 Å². The van der Waals surface area contributed by atoms with Gasteiger partial charge in [-0.2, -0.15) is 0 Å². The molecule has 0 amide bonds. The largest absolute Gasteiger partial charge is 0.360 e. The predicted molar refractivity (Wildman–Crippen MR) is 86.5 cm³/mol. The van der Waals surface area contributed by atoms with Crippen LogP contribution in [0, 0.1) is 0 Å². The van der Waals surface area contributed by atoms with Gasteiger partial charge in [0.15, 0.2) is 5.78 Å². The van der Waals surface area contributed by atoms with Gasteiger partial charge in [0.2, 0.25) is 0 Å². The topological polar surface area (TPSA) is 20.3 Å². The molecule has 0 spiro atoms. The fourth-order valence-electron chi connectivity index (χ4n) is 3.03. The van der Waals surface area contributed by atoms with Gasteiger partial charge in [0.25, 0.3) is 0 Å². The summed E-state index contributed by atoms with van der Waals surface area (Å²) < 4.78 is 0. The summed E-state index contributed by atoms with van der Waals surface area (Å²) >= 11 is 0. The van der Waals surface area contributed by atoms with E-state index in [-0.39, 0.29) is 11.8 Å². The molecule has 106 valence electrons. The van der Waals surface area contributed by atoms with E-state index >= 15 is 0 Å². The summed E-state index contributed by atoms with van der Waals surface area (Å²) in [6, 6.07) is 18.6.